The van der Waals surface area contributed by atoms with Crippen molar-refractivity contribution in [2.75, 3.05) is 19.6 Å². The highest BCUT2D eigenvalue weighted by Gasteiger charge is 2.37. The minimum Gasteiger partial charge on any atom is -0.303 e. The van der Waals surface area contributed by atoms with Gasteiger partial charge in [0.05, 0.1) is 0 Å². The van der Waals surface area contributed by atoms with Gasteiger partial charge in [0, 0.05) is 17.8 Å². The third kappa shape index (κ3) is 3.07. The predicted molar refractivity (Wildman–Crippen MR) is 92.0 cm³/mol. The summed E-state index contributed by atoms with van der Waals surface area (Å²) in [5.74, 6) is 0. The average molecular weight is 294 g/mol. The monoisotopic (exact) mass is 294 g/mol. The highest BCUT2D eigenvalue weighted by molar-refractivity contribution is 5.38. The molecule has 0 bridgehead atoms. The van der Waals surface area contributed by atoms with Crippen molar-refractivity contribution in [3.05, 3.63) is 66.0 Å². The quantitative estimate of drug-likeness (QED) is 0.819. The van der Waals surface area contributed by atoms with Gasteiger partial charge in [0.1, 0.15) is 0 Å². The van der Waals surface area contributed by atoms with Crippen LogP contribution in [0.2, 0.25) is 0 Å². The van der Waals surface area contributed by atoms with Gasteiger partial charge in [-0.1, -0.05) is 49.7 Å². The zero-order valence-corrected chi connectivity index (χ0v) is 13.5. The standard InChI is InChI=1S/C20H26N2/c1-2-3-14-22-15-11-20(12-16-22,18-8-5-4-6-9-18)19-10-7-13-21-17-19/h4-10,13,17H,2-3,11-12,14-16H2,1H3. The maximum atomic E-state index is 4.39. The summed E-state index contributed by atoms with van der Waals surface area (Å²) in [4.78, 5) is 7.01. The van der Waals surface area contributed by atoms with Gasteiger partial charge in [-0.15, -0.1) is 0 Å². The molecule has 0 unspecified atom stereocenters. The molecule has 2 heteroatoms. The van der Waals surface area contributed by atoms with Gasteiger partial charge in [-0.2, -0.15) is 0 Å². The Morgan fingerprint density at radius 3 is 2.36 bits per heavy atom. The van der Waals surface area contributed by atoms with Crippen LogP contribution < -0.4 is 0 Å². The second-order valence-electron chi connectivity index (χ2n) is 6.39. The molecule has 1 saturated heterocycles. The fourth-order valence-corrected chi connectivity index (χ4v) is 3.69. The SMILES string of the molecule is CCCCN1CCC(c2ccccc2)(c2cccnc2)CC1. The molecule has 2 nitrogen and oxygen atoms in total. The summed E-state index contributed by atoms with van der Waals surface area (Å²) in [5, 5.41) is 0. The van der Waals surface area contributed by atoms with Crippen LogP contribution in [0.25, 0.3) is 0 Å². The molecule has 0 saturated carbocycles. The van der Waals surface area contributed by atoms with Crippen molar-refractivity contribution in [2.24, 2.45) is 0 Å². The second kappa shape index (κ2) is 7.06. The van der Waals surface area contributed by atoms with Gasteiger partial charge in [0.25, 0.3) is 0 Å². The summed E-state index contributed by atoms with van der Waals surface area (Å²) in [6.45, 7) is 5.88. The molecule has 116 valence electrons. The van der Waals surface area contributed by atoms with Crippen LogP contribution in [0.3, 0.4) is 0 Å². The highest BCUT2D eigenvalue weighted by Crippen LogP contribution is 2.41. The molecule has 2 aromatic rings. The van der Waals surface area contributed by atoms with Crippen LogP contribution in [-0.2, 0) is 5.41 Å². The van der Waals surface area contributed by atoms with E-state index in [0.29, 0.717) is 0 Å². The molecular weight excluding hydrogens is 268 g/mol. The summed E-state index contributed by atoms with van der Waals surface area (Å²) in [5.41, 5.74) is 2.95. The molecule has 1 aliphatic rings. The van der Waals surface area contributed by atoms with E-state index in [9.17, 15) is 0 Å². The average Bonchev–Trinajstić information content (AvgIpc) is 2.62. The lowest BCUT2D eigenvalue weighted by atomic mass is 9.68. The fraction of sp³-hybridized carbons (Fsp3) is 0.450. The zero-order valence-electron chi connectivity index (χ0n) is 13.5. The van der Waals surface area contributed by atoms with Gasteiger partial charge in [0.15, 0.2) is 0 Å². The van der Waals surface area contributed by atoms with E-state index in [-0.39, 0.29) is 5.41 Å². The maximum absolute atomic E-state index is 4.39. The molecule has 3 rings (SSSR count). The maximum Gasteiger partial charge on any atom is 0.0308 e. The van der Waals surface area contributed by atoms with Crippen molar-refractivity contribution < 1.29 is 0 Å². The Kier molecular flexibility index (Phi) is 4.89. The zero-order chi connectivity index (χ0) is 15.3. The highest BCUT2D eigenvalue weighted by atomic mass is 15.1. The number of hydrogen-bond acceptors (Lipinski definition) is 2. The molecule has 22 heavy (non-hydrogen) atoms. The van der Waals surface area contributed by atoms with Gasteiger partial charge in [-0.3, -0.25) is 4.98 Å². The van der Waals surface area contributed by atoms with E-state index in [2.05, 4.69) is 65.5 Å². The normalized spacial score (nSPS) is 18.2. The van der Waals surface area contributed by atoms with Crippen molar-refractivity contribution in [1.82, 2.24) is 9.88 Å². The molecule has 1 aromatic carbocycles. The van der Waals surface area contributed by atoms with Crippen molar-refractivity contribution in [2.45, 2.75) is 38.0 Å². The molecule has 0 aliphatic carbocycles. The smallest absolute Gasteiger partial charge is 0.0308 e. The Bertz CT molecular complexity index is 515. The first kappa shape index (κ1) is 15.2. The number of unbranched alkanes of at least 4 members (excludes halogenated alkanes) is 1. The van der Waals surface area contributed by atoms with Crippen LogP contribution in [0.15, 0.2) is 54.9 Å². The van der Waals surface area contributed by atoms with Crippen molar-refractivity contribution >= 4 is 0 Å². The van der Waals surface area contributed by atoms with Gasteiger partial charge in [-0.05, 0) is 56.1 Å². The molecular formula is C20H26N2. The van der Waals surface area contributed by atoms with E-state index in [4.69, 9.17) is 0 Å². The summed E-state index contributed by atoms with van der Waals surface area (Å²) in [6, 6.07) is 15.3. The third-order valence-electron chi connectivity index (χ3n) is 5.08. The largest absolute Gasteiger partial charge is 0.303 e. The molecule has 1 aliphatic heterocycles. The lowest BCUT2D eigenvalue weighted by Gasteiger charge is -2.42. The molecule has 1 fully saturated rings. The Labute approximate surface area is 134 Å². The topological polar surface area (TPSA) is 16.1 Å². The van der Waals surface area contributed by atoms with E-state index >= 15 is 0 Å². The van der Waals surface area contributed by atoms with Gasteiger partial charge >= 0.3 is 0 Å². The number of nitrogens with zero attached hydrogens (tertiary/aromatic N) is 2. The van der Waals surface area contributed by atoms with Crippen LogP contribution in [0, 0.1) is 0 Å². The molecule has 2 heterocycles. The van der Waals surface area contributed by atoms with Gasteiger partial charge < -0.3 is 4.90 Å². The van der Waals surface area contributed by atoms with E-state index in [1.807, 2.05) is 6.20 Å². The van der Waals surface area contributed by atoms with Crippen molar-refractivity contribution in [3.63, 3.8) is 0 Å². The first-order valence-electron chi connectivity index (χ1n) is 8.53. The molecule has 0 atom stereocenters. The first-order valence-corrected chi connectivity index (χ1v) is 8.53. The van der Waals surface area contributed by atoms with E-state index in [1.54, 1.807) is 0 Å². The van der Waals surface area contributed by atoms with Crippen molar-refractivity contribution in [1.29, 1.82) is 0 Å². The third-order valence-corrected chi connectivity index (χ3v) is 5.08. The number of benzene rings is 1. The molecule has 1 aromatic heterocycles. The van der Waals surface area contributed by atoms with Crippen molar-refractivity contribution in [3.8, 4) is 0 Å². The molecule has 0 radical (unpaired) electrons. The minimum atomic E-state index is 0.137. The second-order valence-corrected chi connectivity index (χ2v) is 6.39. The van der Waals surface area contributed by atoms with E-state index in [0.717, 1.165) is 0 Å². The number of aromatic nitrogens is 1. The summed E-state index contributed by atoms with van der Waals surface area (Å²) in [6.07, 6.45) is 8.90. The Morgan fingerprint density at radius 2 is 1.73 bits per heavy atom. The fourth-order valence-electron chi connectivity index (χ4n) is 3.69. The van der Waals surface area contributed by atoms with Crippen LogP contribution in [0.5, 0.6) is 0 Å². The van der Waals surface area contributed by atoms with Gasteiger partial charge in [-0.25, -0.2) is 0 Å². The summed E-state index contributed by atoms with van der Waals surface area (Å²) >= 11 is 0. The minimum absolute atomic E-state index is 0.137. The Hall–Kier alpha value is -1.67. The lowest BCUT2D eigenvalue weighted by Crippen LogP contribution is -2.43. The number of rotatable bonds is 5. The van der Waals surface area contributed by atoms with Crippen LogP contribution in [0.4, 0.5) is 0 Å². The van der Waals surface area contributed by atoms with E-state index in [1.165, 1.54) is 56.4 Å². The predicted octanol–water partition coefficient (Wildman–Crippen LogP) is 4.26. The van der Waals surface area contributed by atoms with Crippen LogP contribution in [0.1, 0.15) is 43.7 Å². The van der Waals surface area contributed by atoms with Crippen LogP contribution >= 0.6 is 0 Å². The number of pyridine rings is 1. The first-order chi connectivity index (χ1) is 10.8. The lowest BCUT2D eigenvalue weighted by molar-refractivity contribution is 0.177. The van der Waals surface area contributed by atoms with Gasteiger partial charge in [0.2, 0.25) is 0 Å². The number of hydrogen-bond donors (Lipinski definition) is 0. The molecule has 0 N–H and O–H groups in total. The molecule has 0 amide bonds. The summed E-state index contributed by atoms with van der Waals surface area (Å²) in [7, 11) is 0. The number of piperidine rings is 1. The number of likely N-dealkylation sites (tertiary alicyclic amines) is 1. The van der Waals surface area contributed by atoms with Crippen LogP contribution in [-0.4, -0.2) is 29.5 Å². The summed E-state index contributed by atoms with van der Waals surface area (Å²) < 4.78 is 0. The molecule has 0 spiro atoms. The Morgan fingerprint density at radius 1 is 1.00 bits per heavy atom. The van der Waals surface area contributed by atoms with E-state index < -0.39 is 0 Å². The Balaban J connectivity index is 1.87.